The number of amides is 2. The molecule has 142 valence electrons. The highest BCUT2D eigenvalue weighted by Gasteiger charge is 2.16. The maximum atomic E-state index is 13.9. The molecule has 0 unspecified atom stereocenters. The number of hydrogen-bond acceptors (Lipinski definition) is 2. The lowest BCUT2D eigenvalue weighted by Crippen LogP contribution is -2.35. The van der Waals surface area contributed by atoms with Crippen molar-refractivity contribution in [3.05, 3.63) is 96.3 Å². The van der Waals surface area contributed by atoms with Crippen molar-refractivity contribution in [1.82, 2.24) is 0 Å². The molecule has 2 amide bonds. The standard InChI is InChI=1S/C23H21FN2O2/c1-28-20-15-13-19(14-16-20)26(17-7-10-18-8-3-2-4-9-18)23(27)25-22-12-6-5-11-21(22)24/h2-16H,17H2,1H3,(H,25,27)/b10-7+. The van der Waals surface area contributed by atoms with Gasteiger partial charge in [0.1, 0.15) is 11.6 Å². The van der Waals surface area contributed by atoms with Crippen molar-refractivity contribution in [3.8, 4) is 5.75 Å². The number of nitrogens with one attached hydrogen (secondary N) is 1. The zero-order chi connectivity index (χ0) is 19.8. The van der Waals surface area contributed by atoms with Gasteiger partial charge >= 0.3 is 6.03 Å². The van der Waals surface area contributed by atoms with Crippen molar-refractivity contribution in [2.75, 3.05) is 23.9 Å². The number of methoxy groups -OCH3 is 1. The zero-order valence-corrected chi connectivity index (χ0v) is 15.5. The average molecular weight is 376 g/mol. The summed E-state index contributed by atoms with van der Waals surface area (Å²) in [5.41, 5.74) is 1.84. The van der Waals surface area contributed by atoms with E-state index in [0.717, 1.165) is 5.56 Å². The third-order valence-electron chi connectivity index (χ3n) is 4.14. The Hall–Kier alpha value is -3.60. The van der Waals surface area contributed by atoms with E-state index in [2.05, 4.69) is 5.32 Å². The molecule has 4 nitrogen and oxygen atoms in total. The molecule has 0 aliphatic rings. The largest absolute Gasteiger partial charge is 0.497 e. The van der Waals surface area contributed by atoms with Crippen molar-refractivity contribution >= 4 is 23.5 Å². The molecule has 0 heterocycles. The number of benzene rings is 3. The highest BCUT2D eigenvalue weighted by atomic mass is 19.1. The number of ether oxygens (including phenoxy) is 1. The first-order chi connectivity index (χ1) is 13.7. The molecule has 0 aliphatic carbocycles. The molecular formula is C23H21FN2O2. The van der Waals surface area contributed by atoms with E-state index in [1.54, 1.807) is 43.5 Å². The van der Waals surface area contributed by atoms with Crippen LogP contribution in [0.3, 0.4) is 0 Å². The van der Waals surface area contributed by atoms with Crippen LogP contribution in [0.5, 0.6) is 5.75 Å². The van der Waals surface area contributed by atoms with Gasteiger partial charge in [-0.1, -0.05) is 54.6 Å². The number of anilines is 2. The van der Waals surface area contributed by atoms with Crippen LogP contribution >= 0.6 is 0 Å². The molecule has 0 saturated carbocycles. The molecule has 0 saturated heterocycles. The van der Waals surface area contributed by atoms with Crippen LogP contribution in [0.15, 0.2) is 84.9 Å². The Morgan fingerprint density at radius 2 is 1.68 bits per heavy atom. The molecule has 3 aromatic rings. The van der Waals surface area contributed by atoms with Gasteiger partial charge in [-0.15, -0.1) is 0 Å². The molecule has 28 heavy (non-hydrogen) atoms. The van der Waals surface area contributed by atoms with Gasteiger partial charge in [-0.25, -0.2) is 9.18 Å². The van der Waals surface area contributed by atoms with Crippen LogP contribution in [-0.2, 0) is 0 Å². The van der Waals surface area contributed by atoms with Gasteiger partial charge in [0.2, 0.25) is 0 Å². The predicted octanol–water partition coefficient (Wildman–Crippen LogP) is 5.59. The minimum Gasteiger partial charge on any atom is -0.497 e. The van der Waals surface area contributed by atoms with Crippen LogP contribution in [-0.4, -0.2) is 19.7 Å². The topological polar surface area (TPSA) is 41.6 Å². The Labute approximate surface area is 163 Å². The number of hydrogen-bond donors (Lipinski definition) is 1. The van der Waals surface area contributed by atoms with E-state index >= 15 is 0 Å². The van der Waals surface area contributed by atoms with E-state index in [1.807, 2.05) is 42.5 Å². The minimum atomic E-state index is -0.481. The van der Waals surface area contributed by atoms with E-state index in [1.165, 1.54) is 17.0 Å². The first kappa shape index (κ1) is 19.2. The number of carbonyl (C=O) groups is 1. The molecular weight excluding hydrogens is 355 g/mol. The molecule has 5 heteroatoms. The van der Waals surface area contributed by atoms with E-state index in [-0.39, 0.29) is 5.69 Å². The van der Waals surface area contributed by atoms with Crippen LogP contribution in [0, 0.1) is 5.82 Å². The van der Waals surface area contributed by atoms with E-state index in [0.29, 0.717) is 18.0 Å². The van der Waals surface area contributed by atoms with Gasteiger partial charge in [0, 0.05) is 12.2 Å². The fraction of sp³-hybridized carbons (Fsp3) is 0.0870. The summed E-state index contributed by atoms with van der Waals surface area (Å²) < 4.78 is 19.1. The quantitative estimate of drug-likeness (QED) is 0.610. The summed E-state index contributed by atoms with van der Waals surface area (Å²) in [5.74, 6) is 0.211. The minimum absolute atomic E-state index is 0.137. The normalized spacial score (nSPS) is 10.6. The SMILES string of the molecule is COc1ccc(N(C/C=C/c2ccccc2)C(=O)Nc2ccccc2F)cc1. The van der Waals surface area contributed by atoms with Crippen molar-refractivity contribution in [2.24, 2.45) is 0 Å². The van der Waals surface area contributed by atoms with Crippen molar-refractivity contribution in [1.29, 1.82) is 0 Å². The van der Waals surface area contributed by atoms with E-state index < -0.39 is 11.8 Å². The highest BCUT2D eigenvalue weighted by Crippen LogP contribution is 2.21. The summed E-state index contributed by atoms with van der Waals surface area (Å²) in [7, 11) is 1.58. The number of nitrogens with zero attached hydrogens (tertiary/aromatic N) is 1. The molecule has 0 bridgehead atoms. The lowest BCUT2D eigenvalue weighted by atomic mass is 10.2. The smallest absolute Gasteiger partial charge is 0.326 e. The second-order valence-corrected chi connectivity index (χ2v) is 6.03. The lowest BCUT2D eigenvalue weighted by molar-refractivity contribution is 0.257. The first-order valence-electron chi connectivity index (χ1n) is 8.86. The molecule has 0 atom stereocenters. The Kier molecular flexibility index (Phi) is 6.41. The fourth-order valence-corrected chi connectivity index (χ4v) is 2.67. The van der Waals surface area contributed by atoms with Crippen LogP contribution in [0.2, 0.25) is 0 Å². The van der Waals surface area contributed by atoms with Gasteiger partial charge in [-0.05, 0) is 42.0 Å². The molecule has 0 spiro atoms. The summed E-state index contributed by atoms with van der Waals surface area (Å²) in [6.07, 6.45) is 3.83. The number of rotatable bonds is 6. The second kappa shape index (κ2) is 9.37. The molecule has 3 rings (SSSR count). The summed E-state index contributed by atoms with van der Waals surface area (Å²) in [6.45, 7) is 0.321. The van der Waals surface area contributed by atoms with Gasteiger partial charge in [0.05, 0.1) is 12.8 Å². The molecule has 1 N–H and O–H groups in total. The average Bonchev–Trinajstić information content (AvgIpc) is 2.74. The monoisotopic (exact) mass is 376 g/mol. The Bertz CT molecular complexity index is 940. The van der Waals surface area contributed by atoms with Gasteiger partial charge in [0.25, 0.3) is 0 Å². The predicted molar refractivity (Wildman–Crippen MR) is 111 cm³/mol. The third-order valence-corrected chi connectivity index (χ3v) is 4.14. The second-order valence-electron chi connectivity index (χ2n) is 6.03. The first-order valence-corrected chi connectivity index (χ1v) is 8.86. The molecule has 0 aliphatic heterocycles. The maximum Gasteiger partial charge on any atom is 0.326 e. The summed E-state index contributed by atoms with van der Waals surface area (Å²) >= 11 is 0. The van der Waals surface area contributed by atoms with E-state index in [9.17, 15) is 9.18 Å². The van der Waals surface area contributed by atoms with Gasteiger partial charge in [-0.3, -0.25) is 4.90 Å². The van der Waals surface area contributed by atoms with Gasteiger partial charge in [0.15, 0.2) is 0 Å². The van der Waals surface area contributed by atoms with Gasteiger partial charge in [-0.2, -0.15) is 0 Å². The highest BCUT2D eigenvalue weighted by molar-refractivity contribution is 6.02. The molecule has 0 radical (unpaired) electrons. The van der Waals surface area contributed by atoms with Crippen LogP contribution in [0.25, 0.3) is 6.08 Å². The Balaban J connectivity index is 1.81. The molecule has 0 fully saturated rings. The van der Waals surface area contributed by atoms with Crippen LogP contribution < -0.4 is 15.0 Å². The number of para-hydroxylation sites is 1. The summed E-state index contributed by atoms with van der Waals surface area (Å²) in [4.78, 5) is 14.4. The Morgan fingerprint density at radius 3 is 2.36 bits per heavy atom. The van der Waals surface area contributed by atoms with Crippen LogP contribution in [0.1, 0.15) is 5.56 Å². The number of urea groups is 1. The summed E-state index contributed by atoms with van der Waals surface area (Å²) in [6, 6.07) is 22.6. The zero-order valence-electron chi connectivity index (χ0n) is 15.5. The van der Waals surface area contributed by atoms with Crippen LogP contribution in [0.4, 0.5) is 20.6 Å². The summed E-state index contributed by atoms with van der Waals surface area (Å²) in [5, 5.41) is 2.63. The number of halogens is 1. The van der Waals surface area contributed by atoms with E-state index in [4.69, 9.17) is 4.74 Å². The molecule has 0 aromatic heterocycles. The third kappa shape index (κ3) is 4.98. The number of carbonyl (C=O) groups excluding carboxylic acids is 1. The Morgan fingerprint density at radius 1 is 1.00 bits per heavy atom. The van der Waals surface area contributed by atoms with Crippen molar-refractivity contribution < 1.29 is 13.9 Å². The van der Waals surface area contributed by atoms with Crippen molar-refractivity contribution in [2.45, 2.75) is 0 Å². The van der Waals surface area contributed by atoms with Crippen molar-refractivity contribution in [3.63, 3.8) is 0 Å². The lowest BCUT2D eigenvalue weighted by Gasteiger charge is -2.22. The molecule has 3 aromatic carbocycles. The fourth-order valence-electron chi connectivity index (χ4n) is 2.67. The van der Waals surface area contributed by atoms with Gasteiger partial charge < -0.3 is 10.1 Å². The maximum absolute atomic E-state index is 13.9.